The molecule has 114 valence electrons. The molecule has 1 aliphatic heterocycles. The van der Waals surface area contributed by atoms with Crippen molar-refractivity contribution in [2.45, 2.75) is 25.7 Å². The van der Waals surface area contributed by atoms with E-state index < -0.39 is 29.6 Å². The Balaban J connectivity index is 2.45. The Bertz CT molecular complexity index is 587. The second kappa shape index (κ2) is 5.36. The van der Waals surface area contributed by atoms with Crippen LogP contribution in [0.2, 0.25) is 0 Å². The molecule has 0 aromatic heterocycles. The van der Waals surface area contributed by atoms with Crippen molar-refractivity contribution in [3.63, 3.8) is 0 Å². The zero-order valence-corrected chi connectivity index (χ0v) is 11.2. The maximum atomic E-state index is 13.0. The summed E-state index contributed by atoms with van der Waals surface area (Å²) in [6.07, 6.45) is -4.55. The minimum Gasteiger partial charge on any atom is -0.350 e. The van der Waals surface area contributed by atoms with Gasteiger partial charge in [0.25, 0.3) is 0 Å². The van der Waals surface area contributed by atoms with E-state index in [1.807, 2.05) is 0 Å². The number of piperazine rings is 1. The summed E-state index contributed by atoms with van der Waals surface area (Å²) in [5.74, 6) is -1.09. The van der Waals surface area contributed by atoms with Crippen molar-refractivity contribution in [3.05, 3.63) is 29.3 Å². The van der Waals surface area contributed by atoms with Crippen molar-refractivity contribution in [3.8, 4) is 0 Å². The fourth-order valence-electron chi connectivity index (χ4n) is 2.21. The summed E-state index contributed by atoms with van der Waals surface area (Å²) in [6, 6.07) is 2.89. The number of hydrogen-bond donors (Lipinski definition) is 2. The monoisotopic (exact) mass is 301 g/mol. The van der Waals surface area contributed by atoms with E-state index in [-0.39, 0.29) is 24.3 Å². The van der Waals surface area contributed by atoms with Gasteiger partial charge in [-0.25, -0.2) is 0 Å². The molecule has 1 aliphatic rings. The molecule has 0 aliphatic carbocycles. The Morgan fingerprint density at radius 2 is 2.05 bits per heavy atom. The molecule has 1 aromatic rings. The van der Waals surface area contributed by atoms with Crippen LogP contribution in [0.3, 0.4) is 0 Å². The molecule has 2 amide bonds. The van der Waals surface area contributed by atoms with Gasteiger partial charge in [-0.05, 0) is 24.6 Å². The Hall–Kier alpha value is -2.09. The Labute approximate surface area is 118 Å². The van der Waals surface area contributed by atoms with E-state index in [0.717, 1.165) is 6.07 Å². The van der Waals surface area contributed by atoms with Crippen molar-refractivity contribution in [2.24, 2.45) is 5.73 Å². The van der Waals surface area contributed by atoms with E-state index in [2.05, 4.69) is 5.32 Å². The molecule has 2 rings (SSSR count). The summed E-state index contributed by atoms with van der Waals surface area (Å²) >= 11 is 0. The number of nitrogens with one attached hydrogen (secondary N) is 1. The first-order chi connectivity index (χ1) is 9.74. The molecule has 0 spiro atoms. The largest absolute Gasteiger partial charge is 0.416 e. The number of carbonyl (C=O) groups is 2. The first-order valence-electron chi connectivity index (χ1n) is 6.24. The molecule has 8 heteroatoms. The van der Waals surface area contributed by atoms with Crippen LogP contribution in [0.4, 0.5) is 18.9 Å². The van der Waals surface area contributed by atoms with Gasteiger partial charge >= 0.3 is 6.18 Å². The fourth-order valence-corrected chi connectivity index (χ4v) is 2.21. The highest BCUT2D eigenvalue weighted by molar-refractivity contribution is 6.04. The standard InChI is InChI=1S/C13H14F3N3O2/c1-7-12(21)18-11(20)6-19(7)9-3-2-8(5-17)10(4-9)13(14,15)16/h2-4,7H,5-6,17H2,1H3,(H,18,20,21). The maximum absolute atomic E-state index is 13.0. The molecule has 1 unspecified atom stereocenters. The number of nitrogens with zero attached hydrogens (tertiary/aromatic N) is 1. The fraction of sp³-hybridized carbons (Fsp3) is 0.385. The van der Waals surface area contributed by atoms with Gasteiger partial charge in [0.2, 0.25) is 11.8 Å². The number of rotatable bonds is 2. The molecule has 1 aromatic carbocycles. The normalized spacial score (nSPS) is 19.7. The summed E-state index contributed by atoms with van der Waals surface area (Å²) in [6.45, 7) is 1.10. The predicted octanol–water partition coefficient (Wildman–Crippen LogP) is 1.02. The number of alkyl halides is 3. The summed E-state index contributed by atoms with van der Waals surface area (Å²) in [5.41, 5.74) is 4.59. The van der Waals surface area contributed by atoms with E-state index in [1.165, 1.54) is 24.0 Å². The second-order valence-corrected chi connectivity index (χ2v) is 4.76. The highest BCUT2D eigenvalue weighted by Crippen LogP contribution is 2.35. The van der Waals surface area contributed by atoms with E-state index in [9.17, 15) is 22.8 Å². The van der Waals surface area contributed by atoms with E-state index in [4.69, 9.17) is 5.73 Å². The lowest BCUT2D eigenvalue weighted by molar-refractivity contribution is -0.138. The quantitative estimate of drug-likeness (QED) is 0.800. The van der Waals surface area contributed by atoms with Crippen LogP contribution in [0.5, 0.6) is 0 Å². The van der Waals surface area contributed by atoms with Crippen LogP contribution in [-0.2, 0) is 22.3 Å². The summed E-state index contributed by atoms with van der Waals surface area (Å²) < 4.78 is 39.0. The predicted molar refractivity (Wildman–Crippen MR) is 69.3 cm³/mol. The lowest BCUT2D eigenvalue weighted by Crippen LogP contribution is -2.57. The van der Waals surface area contributed by atoms with Gasteiger partial charge in [0.15, 0.2) is 0 Å². The van der Waals surface area contributed by atoms with Gasteiger partial charge in [-0.15, -0.1) is 0 Å². The molecule has 1 saturated heterocycles. The van der Waals surface area contributed by atoms with Crippen molar-refractivity contribution in [2.75, 3.05) is 11.4 Å². The molecule has 21 heavy (non-hydrogen) atoms. The third-order valence-electron chi connectivity index (χ3n) is 3.37. The lowest BCUT2D eigenvalue weighted by atomic mass is 10.0. The van der Waals surface area contributed by atoms with E-state index >= 15 is 0 Å². The van der Waals surface area contributed by atoms with Gasteiger partial charge in [-0.2, -0.15) is 13.2 Å². The molecule has 5 nitrogen and oxygen atoms in total. The van der Waals surface area contributed by atoms with Crippen molar-refractivity contribution in [1.29, 1.82) is 0 Å². The molecular formula is C13H14F3N3O2. The van der Waals surface area contributed by atoms with Crippen LogP contribution in [-0.4, -0.2) is 24.4 Å². The number of benzene rings is 1. The van der Waals surface area contributed by atoms with Crippen molar-refractivity contribution in [1.82, 2.24) is 5.32 Å². The Kier molecular flexibility index (Phi) is 3.91. The highest BCUT2D eigenvalue weighted by Gasteiger charge is 2.35. The van der Waals surface area contributed by atoms with Gasteiger partial charge in [-0.1, -0.05) is 6.07 Å². The SMILES string of the molecule is CC1C(=O)NC(=O)CN1c1ccc(CN)c(C(F)(F)F)c1. The first kappa shape index (κ1) is 15.3. The topological polar surface area (TPSA) is 75.4 Å². The first-order valence-corrected chi connectivity index (χ1v) is 6.24. The number of carbonyl (C=O) groups excluding carboxylic acids is 2. The van der Waals surface area contributed by atoms with Crippen LogP contribution >= 0.6 is 0 Å². The average molecular weight is 301 g/mol. The lowest BCUT2D eigenvalue weighted by Gasteiger charge is -2.34. The van der Waals surface area contributed by atoms with Gasteiger partial charge < -0.3 is 10.6 Å². The van der Waals surface area contributed by atoms with E-state index in [1.54, 1.807) is 0 Å². The Morgan fingerprint density at radius 1 is 1.38 bits per heavy atom. The Morgan fingerprint density at radius 3 is 2.62 bits per heavy atom. The molecule has 0 radical (unpaired) electrons. The molecule has 1 heterocycles. The number of halogens is 3. The molecule has 0 bridgehead atoms. The van der Waals surface area contributed by atoms with Crippen LogP contribution in [0.1, 0.15) is 18.1 Å². The summed E-state index contributed by atoms with van der Waals surface area (Å²) in [7, 11) is 0. The molecular weight excluding hydrogens is 287 g/mol. The zero-order valence-electron chi connectivity index (χ0n) is 11.2. The summed E-state index contributed by atoms with van der Waals surface area (Å²) in [5, 5.41) is 2.13. The highest BCUT2D eigenvalue weighted by atomic mass is 19.4. The third-order valence-corrected chi connectivity index (χ3v) is 3.37. The van der Waals surface area contributed by atoms with Crippen LogP contribution in [0.15, 0.2) is 18.2 Å². The summed E-state index contributed by atoms with van der Waals surface area (Å²) in [4.78, 5) is 24.3. The number of hydrogen-bond acceptors (Lipinski definition) is 4. The minimum absolute atomic E-state index is 0.0355. The minimum atomic E-state index is -4.55. The number of imide groups is 1. The molecule has 1 atom stereocenters. The van der Waals surface area contributed by atoms with Crippen molar-refractivity contribution >= 4 is 17.5 Å². The second-order valence-electron chi connectivity index (χ2n) is 4.76. The molecule has 1 fully saturated rings. The van der Waals surface area contributed by atoms with Gasteiger partial charge in [0.1, 0.15) is 6.04 Å². The number of anilines is 1. The van der Waals surface area contributed by atoms with Gasteiger partial charge in [-0.3, -0.25) is 14.9 Å². The van der Waals surface area contributed by atoms with Crippen LogP contribution < -0.4 is 16.0 Å². The number of nitrogens with two attached hydrogens (primary N) is 1. The zero-order chi connectivity index (χ0) is 15.8. The van der Waals surface area contributed by atoms with Crippen molar-refractivity contribution < 1.29 is 22.8 Å². The smallest absolute Gasteiger partial charge is 0.350 e. The van der Waals surface area contributed by atoms with Crippen LogP contribution in [0.25, 0.3) is 0 Å². The van der Waals surface area contributed by atoms with Gasteiger partial charge in [0.05, 0.1) is 12.1 Å². The number of amides is 2. The average Bonchev–Trinajstić information content (AvgIpc) is 2.41. The molecule has 3 N–H and O–H groups in total. The third kappa shape index (κ3) is 2.99. The van der Waals surface area contributed by atoms with Crippen LogP contribution in [0, 0.1) is 0 Å². The van der Waals surface area contributed by atoms with Gasteiger partial charge in [0, 0.05) is 12.2 Å². The molecule has 0 saturated carbocycles. The van der Waals surface area contributed by atoms with E-state index in [0.29, 0.717) is 0 Å². The maximum Gasteiger partial charge on any atom is 0.416 e.